The van der Waals surface area contributed by atoms with E-state index >= 15 is 0 Å². The monoisotopic (exact) mass is 315 g/mol. The van der Waals surface area contributed by atoms with Gasteiger partial charge >= 0.3 is 5.97 Å². The van der Waals surface area contributed by atoms with Crippen molar-refractivity contribution in [1.29, 1.82) is 0 Å². The van der Waals surface area contributed by atoms with Gasteiger partial charge < -0.3 is 4.74 Å². The number of amides is 2. The highest BCUT2D eigenvalue weighted by Gasteiger charge is 2.34. The summed E-state index contributed by atoms with van der Waals surface area (Å²) >= 11 is 0. The fraction of sp³-hybridized carbons (Fsp3) is 0.412. The Labute approximate surface area is 133 Å². The zero-order valence-corrected chi connectivity index (χ0v) is 12.6. The molecule has 6 nitrogen and oxygen atoms in total. The maximum atomic E-state index is 12.3. The Bertz CT molecular complexity index is 681. The number of rotatable bonds is 3. The minimum absolute atomic E-state index is 0.0809. The van der Waals surface area contributed by atoms with Crippen molar-refractivity contribution in [2.45, 2.75) is 38.2 Å². The SMILES string of the molecule is O=C(CN1C(=O)Cc2ccccc2C1=O)O[C@@H]1CCCCC1=O. The van der Waals surface area contributed by atoms with Crippen molar-refractivity contribution in [3.8, 4) is 0 Å². The minimum Gasteiger partial charge on any atom is -0.453 e. The second kappa shape index (κ2) is 6.32. The molecule has 1 aromatic rings. The van der Waals surface area contributed by atoms with Gasteiger partial charge in [-0.2, -0.15) is 0 Å². The summed E-state index contributed by atoms with van der Waals surface area (Å²) in [5.74, 6) is -1.73. The van der Waals surface area contributed by atoms with Gasteiger partial charge in [0.1, 0.15) is 6.54 Å². The molecule has 0 radical (unpaired) electrons. The van der Waals surface area contributed by atoms with Gasteiger partial charge in [0.05, 0.1) is 6.42 Å². The van der Waals surface area contributed by atoms with Gasteiger partial charge in [0.25, 0.3) is 5.91 Å². The highest BCUT2D eigenvalue weighted by molar-refractivity contribution is 6.11. The Morgan fingerprint density at radius 1 is 1.17 bits per heavy atom. The molecule has 120 valence electrons. The molecule has 0 N–H and O–H groups in total. The Morgan fingerprint density at radius 3 is 2.74 bits per heavy atom. The molecule has 1 aliphatic carbocycles. The van der Waals surface area contributed by atoms with Crippen LogP contribution in [0.5, 0.6) is 0 Å². The summed E-state index contributed by atoms with van der Waals surface area (Å²) in [5, 5.41) is 0. The van der Waals surface area contributed by atoms with E-state index in [1.807, 2.05) is 0 Å². The maximum Gasteiger partial charge on any atom is 0.326 e. The molecule has 3 rings (SSSR count). The average molecular weight is 315 g/mol. The minimum atomic E-state index is -0.737. The Kier molecular flexibility index (Phi) is 4.23. The van der Waals surface area contributed by atoms with E-state index in [0.717, 1.165) is 17.7 Å². The third-order valence-corrected chi connectivity index (χ3v) is 4.20. The Hall–Kier alpha value is -2.50. The molecule has 1 fully saturated rings. The van der Waals surface area contributed by atoms with E-state index in [2.05, 4.69) is 0 Å². The predicted octanol–water partition coefficient (Wildman–Crippen LogP) is 1.27. The summed E-state index contributed by atoms with van der Waals surface area (Å²) in [4.78, 5) is 49.0. The Balaban J connectivity index is 1.68. The number of benzene rings is 1. The lowest BCUT2D eigenvalue weighted by Gasteiger charge is -2.27. The first kappa shape index (κ1) is 15.4. The molecule has 2 aliphatic rings. The highest BCUT2D eigenvalue weighted by Crippen LogP contribution is 2.21. The van der Waals surface area contributed by atoms with Gasteiger partial charge in [-0.25, -0.2) is 0 Å². The first-order valence-electron chi connectivity index (χ1n) is 7.71. The van der Waals surface area contributed by atoms with Crippen LogP contribution in [0.1, 0.15) is 41.6 Å². The normalized spacial score (nSPS) is 21.1. The number of nitrogens with zero attached hydrogens (tertiary/aromatic N) is 1. The second-order valence-electron chi connectivity index (χ2n) is 5.81. The molecule has 23 heavy (non-hydrogen) atoms. The summed E-state index contributed by atoms with van der Waals surface area (Å²) < 4.78 is 5.16. The number of hydrogen-bond donors (Lipinski definition) is 0. The molecule has 6 heteroatoms. The van der Waals surface area contributed by atoms with E-state index in [4.69, 9.17) is 4.74 Å². The molecule has 1 saturated carbocycles. The number of carbonyl (C=O) groups is 4. The third kappa shape index (κ3) is 3.16. The summed E-state index contributed by atoms with van der Waals surface area (Å²) in [5.41, 5.74) is 1.09. The summed E-state index contributed by atoms with van der Waals surface area (Å²) in [7, 11) is 0. The van der Waals surface area contributed by atoms with Gasteiger partial charge in [-0.05, 0) is 30.9 Å². The molecule has 1 atom stereocenters. The standard InChI is InChI=1S/C17H17NO5/c19-13-7-3-4-8-14(13)23-16(21)10-18-15(20)9-11-5-1-2-6-12(11)17(18)22/h1-2,5-6,14H,3-4,7-10H2/t14-/m1/s1. The van der Waals surface area contributed by atoms with E-state index in [9.17, 15) is 19.2 Å². The lowest BCUT2D eigenvalue weighted by Crippen LogP contribution is -2.46. The van der Waals surface area contributed by atoms with Crippen molar-refractivity contribution in [2.75, 3.05) is 6.54 Å². The molecule has 1 heterocycles. The first-order chi connectivity index (χ1) is 11.1. The van der Waals surface area contributed by atoms with E-state index in [0.29, 0.717) is 24.0 Å². The van der Waals surface area contributed by atoms with Gasteiger partial charge in [-0.3, -0.25) is 24.1 Å². The van der Waals surface area contributed by atoms with E-state index in [1.165, 1.54) is 0 Å². The smallest absolute Gasteiger partial charge is 0.326 e. The molecular weight excluding hydrogens is 298 g/mol. The van der Waals surface area contributed by atoms with Crippen molar-refractivity contribution in [3.05, 3.63) is 35.4 Å². The molecule has 0 spiro atoms. The fourth-order valence-electron chi connectivity index (χ4n) is 2.96. The van der Waals surface area contributed by atoms with Crippen molar-refractivity contribution >= 4 is 23.6 Å². The molecule has 1 aliphatic heterocycles. The van der Waals surface area contributed by atoms with E-state index < -0.39 is 30.4 Å². The summed E-state index contributed by atoms with van der Waals surface area (Å²) in [6.07, 6.45) is 1.91. The van der Waals surface area contributed by atoms with Gasteiger partial charge in [-0.15, -0.1) is 0 Å². The van der Waals surface area contributed by atoms with Gasteiger partial charge in [0, 0.05) is 12.0 Å². The lowest BCUT2D eigenvalue weighted by molar-refractivity contribution is -0.158. The van der Waals surface area contributed by atoms with Crippen LogP contribution in [0.3, 0.4) is 0 Å². The molecule has 2 amide bonds. The number of esters is 1. The average Bonchev–Trinajstić information content (AvgIpc) is 2.54. The largest absolute Gasteiger partial charge is 0.453 e. The molecule has 0 bridgehead atoms. The topological polar surface area (TPSA) is 80.8 Å². The van der Waals surface area contributed by atoms with Crippen molar-refractivity contribution in [1.82, 2.24) is 4.90 Å². The quantitative estimate of drug-likeness (QED) is 0.620. The van der Waals surface area contributed by atoms with Crippen molar-refractivity contribution in [2.24, 2.45) is 0 Å². The maximum absolute atomic E-state index is 12.3. The van der Waals surface area contributed by atoms with Crippen LogP contribution in [-0.4, -0.2) is 41.1 Å². The molecule has 0 saturated heterocycles. The molecule has 0 aromatic heterocycles. The van der Waals surface area contributed by atoms with Crippen LogP contribution >= 0.6 is 0 Å². The molecule has 1 aromatic carbocycles. The van der Waals surface area contributed by atoms with E-state index in [1.54, 1.807) is 24.3 Å². The molecular formula is C17H17NO5. The van der Waals surface area contributed by atoms with Crippen LogP contribution < -0.4 is 0 Å². The van der Waals surface area contributed by atoms with Crippen LogP contribution in [0.15, 0.2) is 24.3 Å². The zero-order valence-electron chi connectivity index (χ0n) is 12.6. The van der Waals surface area contributed by atoms with Crippen molar-refractivity contribution in [3.63, 3.8) is 0 Å². The van der Waals surface area contributed by atoms with E-state index in [-0.39, 0.29) is 12.2 Å². The third-order valence-electron chi connectivity index (χ3n) is 4.20. The number of hydrogen-bond acceptors (Lipinski definition) is 5. The predicted molar refractivity (Wildman–Crippen MR) is 79.5 cm³/mol. The van der Waals surface area contributed by atoms with Crippen LogP contribution in [0.2, 0.25) is 0 Å². The first-order valence-corrected chi connectivity index (χ1v) is 7.71. The van der Waals surface area contributed by atoms with Crippen LogP contribution in [0, 0.1) is 0 Å². The molecule has 0 unspecified atom stereocenters. The fourth-order valence-corrected chi connectivity index (χ4v) is 2.96. The van der Waals surface area contributed by atoms with Gasteiger partial charge in [0.2, 0.25) is 5.91 Å². The second-order valence-corrected chi connectivity index (χ2v) is 5.81. The number of Topliss-reactive ketones (excluding diaryl/α,β-unsaturated/α-hetero) is 1. The van der Waals surface area contributed by atoms with Crippen molar-refractivity contribution < 1.29 is 23.9 Å². The van der Waals surface area contributed by atoms with Crippen LogP contribution in [0.4, 0.5) is 0 Å². The highest BCUT2D eigenvalue weighted by atomic mass is 16.5. The number of fused-ring (bicyclic) bond motifs is 1. The Morgan fingerprint density at radius 2 is 1.96 bits per heavy atom. The number of ether oxygens (including phenoxy) is 1. The lowest BCUT2D eigenvalue weighted by atomic mass is 9.96. The summed E-state index contributed by atoms with van der Waals surface area (Å²) in [6, 6.07) is 6.83. The van der Waals surface area contributed by atoms with Gasteiger partial charge in [-0.1, -0.05) is 18.2 Å². The zero-order chi connectivity index (χ0) is 16.4. The number of carbonyl (C=O) groups excluding carboxylic acids is 4. The van der Waals surface area contributed by atoms with Crippen LogP contribution in [0.25, 0.3) is 0 Å². The van der Waals surface area contributed by atoms with Gasteiger partial charge in [0.15, 0.2) is 11.9 Å². The number of imide groups is 1. The number of ketones is 1. The van der Waals surface area contributed by atoms with Crippen LogP contribution in [-0.2, 0) is 25.5 Å². The summed E-state index contributed by atoms with van der Waals surface area (Å²) in [6.45, 7) is -0.449.